The van der Waals surface area contributed by atoms with Gasteiger partial charge in [0, 0.05) is 12.6 Å². The van der Waals surface area contributed by atoms with Crippen molar-refractivity contribution in [1.82, 2.24) is 4.72 Å². The number of nitrogens with one attached hydrogen (secondary N) is 1. The highest BCUT2D eigenvalue weighted by molar-refractivity contribution is 7.89. The molecule has 0 heterocycles. The third-order valence-electron chi connectivity index (χ3n) is 3.01. The third-order valence-corrected chi connectivity index (χ3v) is 4.78. The third kappa shape index (κ3) is 4.09. The van der Waals surface area contributed by atoms with Crippen LogP contribution in [0.2, 0.25) is 5.02 Å². The van der Waals surface area contributed by atoms with E-state index in [4.69, 9.17) is 22.1 Å². The monoisotopic (exact) mass is 320 g/mol. The van der Waals surface area contributed by atoms with Crippen molar-refractivity contribution in [2.24, 2.45) is 11.1 Å². The van der Waals surface area contributed by atoms with Gasteiger partial charge in [-0.2, -0.15) is 0 Å². The van der Waals surface area contributed by atoms with Crippen molar-refractivity contribution in [2.45, 2.75) is 31.7 Å². The zero-order chi connectivity index (χ0) is 15.6. The first-order valence-electron chi connectivity index (χ1n) is 6.17. The molecule has 1 aromatic rings. The van der Waals surface area contributed by atoms with Gasteiger partial charge in [0.05, 0.1) is 17.0 Å². The van der Waals surface area contributed by atoms with Gasteiger partial charge in [-0.3, -0.25) is 0 Å². The largest absolute Gasteiger partial charge is 0.495 e. The molecule has 114 valence electrons. The Labute approximate surface area is 125 Å². The quantitative estimate of drug-likeness (QED) is 0.869. The SMILES string of the molecule is COc1ccc(S(=O)(=O)NC(CN)C(C)(C)C)cc1Cl. The first kappa shape index (κ1) is 17.2. The Morgan fingerprint density at radius 2 is 2.00 bits per heavy atom. The number of ether oxygens (including phenoxy) is 1. The zero-order valence-electron chi connectivity index (χ0n) is 12.1. The van der Waals surface area contributed by atoms with Crippen LogP contribution in [0.1, 0.15) is 20.8 Å². The molecule has 0 spiro atoms. The normalized spacial score (nSPS) is 14.1. The summed E-state index contributed by atoms with van der Waals surface area (Å²) in [6.07, 6.45) is 0. The Morgan fingerprint density at radius 1 is 1.40 bits per heavy atom. The molecule has 0 aliphatic heterocycles. The molecule has 0 amide bonds. The van der Waals surface area contributed by atoms with E-state index in [9.17, 15) is 8.42 Å². The number of sulfonamides is 1. The van der Waals surface area contributed by atoms with Crippen LogP contribution in [0.4, 0.5) is 0 Å². The lowest BCUT2D eigenvalue weighted by Crippen LogP contribution is -2.48. The van der Waals surface area contributed by atoms with Gasteiger partial charge in [0.15, 0.2) is 0 Å². The zero-order valence-corrected chi connectivity index (χ0v) is 13.7. The van der Waals surface area contributed by atoms with E-state index in [-0.39, 0.29) is 27.9 Å². The summed E-state index contributed by atoms with van der Waals surface area (Å²) in [5.74, 6) is 0.428. The Hall–Kier alpha value is -0.820. The molecule has 0 bridgehead atoms. The van der Waals surface area contributed by atoms with Crippen molar-refractivity contribution >= 4 is 21.6 Å². The van der Waals surface area contributed by atoms with E-state index < -0.39 is 10.0 Å². The number of hydrogen-bond acceptors (Lipinski definition) is 4. The van der Waals surface area contributed by atoms with Crippen LogP contribution in [-0.2, 0) is 10.0 Å². The summed E-state index contributed by atoms with van der Waals surface area (Å²) >= 11 is 5.95. The smallest absolute Gasteiger partial charge is 0.240 e. The molecule has 0 saturated carbocycles. The molecular formula is C13H21ClN2O3S. The average Bonchev–Trinajstić information content (AvgIpc) is 2.34. The van der Waals surface area contributed by atoms with Crippen LogP contribution in [0, 0.1) is 5.41 Å². The van der Waals surface area contributed by atoms with Crippen LogP contribution in [0.25, 0.3) is 0 Å². The fourth-order valence-electron chi connectivity index (χ4n) is 1.65. The number of benzene rings is 1. The number of methoxy groups -OCH3 is 1. The number of rotatable bonds is 5. The van der Waals surface area contributed by atoms with Crippen molar-refractivity contribution < 1.29 is 13.2 Å². The topological polar surface area (TPSA) is 81.4 Å². The fourth-order valence-corrected chi connectivity index (χ4v) is 3.45. The van der Waals surface area contributed by atoms with Crippen molar-refractivity contribution in [3.05, 3.63) is 23.2 Å². The van der Waals surface area contributed by atoms with E-state index >= 15 is 0 Å². The van der Waals surface area contributed by atoms with Crippen LogP contribution in [0.5, 0.6) is 5.75 Å². The molecule has 1 rings (SSSR count). The summed E-state index contributed by atoms with van der Waals surface area (Å²) in [4.78, 5) is 0.0889. The predicted octanol–water partition coefficient (Wildman–Crippen LogP) is 2.00. The summed E-state index contributed by atoms with van der Waals surface area (Å²) in [6.45, 7) is 5.99. The van der Waals surface area contributed by atoms with Crippen molar-refractivity contribution in [3.8, 4) is 5.75 Å². The molecule has 0 radical (unpaired) electrons. The van der Waals surface area contributed by atoms with E-state index in [0.29, 0.717) is 5.75 Å². The molecule has 0 aromatic heterocycles. The predicted molar refractivity (Wildman–Crippen MR) is 80.6 cm³/mol. The molecule has 0 aliphatic rings. The second-order valence-electron chi connectivity index (χ2n) is 5.57. The second-order valence-corrected chi connectivity index (χ2v) is 7.69. The van der Waals surface area contributed by atoms with Gasteiger partial charge in [-0.1, -0.05) is 32.4 Å². The average molecular weight is 321 g/mol. The first-order chi connectivity index (χ1) is 9.11. The van der Waals surface area contributed by atoms with Crippen LogP contribution in [0.3, 0.4) is 0 Å². The molecule has 0 saturated heterocycles. The van der Waals surface area contributed by atoms with Crippen LogP contribution in [0.15, 0.2) is 23.1 Å². The van der Waals surface area contributed by atoms with Gasteiger partial charge in [0.1, 0.15) is 5.75 Å². The lowest BCUT2D eigenvalue weighted by molar-refractivity contribution is 0.304. The van der Waals surface area contributed by atoms with E-state index in [0.717, 1.165) is 0 Å². The molecule has 0 aliphatic carbocycles. The molecule has 1 aromatic carbocycles. The molecule has 0 fully saturated rings. The Bertz CT molecular complexity index is 567. The maximum Gasteiger partial charge on any atom is 0.240 e. The number of hydrogen-bond donors (Lipinski definition) is 2. The first-order valence-corrected chi connectivity index (χ1v) is 8.04. The molecule has 7 heteroatoms. The molecule has 1 atom stereocenters. The highest BCUT2D eigenvalue weighted by Crippen LogP contribution is 2.27. The standard InChI is InChI=1S/C13H21ClN2O3S/c1-13(2,3)12(8-15)16-20(17,18)9-5-6-11(19-4)10(14)7-9/h5-7,12,16H,8,15H2,1-4H3. The van der Waals surface area contributed by atoms with Gasteiger partial charge in [0.25, 0.3) is 0 Å². The molecular weight excluding hydrogens is 300 g/mol. The maximum absolute atomic E-state index is 12.3. The summed E-state index contributed by atoms with van der Waals surface area (Å²) in [5, 5.41) is 0.246. The van der Waals surface area contributed by atoms with Gasteiger partial charge < -0.3 is 10.5 Å². The lowest BCUT2D eigenvalue weighted by atomic mass is 9.88. The number of halogens is 1. The Balaban J connectivity index is 3.08. The van der Waals surface area contributed by atoms with Crippen LogP contribution >= 0.6 is 11.6 Å². The van der Waals surface area contributed by atoms with Crippen LogP contribution in [-0.4, -0.2) is 28.1 Å². The summed E-state index contributed by atoms with van der Waals surface area (Å²) in [5.41, 5.74) is 5.37. The van der Waals surface area contributed by atoms with Gasteiger partial charge >= 0.3 is 0 Å². The highest BCUT2D eigenvalue weighted by Gasteiger charge is 2.28. The minimum atomic E-state index is -3.67. The highest BCUT2D eigenvalue weighted by atomic mass is 35.5. The Kier molecular flexibility index (Phi) is 5.43. The Morgan fingerprint density at radius 3 is 2.40 bits per heavy atom. The number of nitrogens with two attached hydrogens (primary N) is 1. The van der Waals surface area contributed by atoms with Crippen molar-refractivity contribution in [1.29, 1.82) is 0 Å². The van der Waals surface area contributed by atoms with Crippen LogP contribution < -0.4 is 15.2 Å². The summed E-state index contributed by atoms with van der Waals surface area (Å²) < 4.78 is 32.3. The second kappa shape index (κ2) is 6.30. The molecule has 3 N–H and O–H groups in total. The lowest BCUT2D eigenvalue weighted by Gasteiger charge is -2.30. The van der Waals surface area contributed by atoms with E-state index in [1.54, 1.807) is 0 Å². The molecule has 20 heavy (non-hydrogen) atoms. The molecule has 1 unspecified atom stereocenters. The van der Waals surface area contributed by atoms with Gasteiger partial charge in [-0.15, -0.1) is 0 Å². The van der Waals surface area contributed by atoms with Gasteiger partial charge in [-0.25, -0.2) is 13.1 Å². The summed E-state index contributed by atoms with van der Waals surface area (Å²) in [6, 6.07) is 3.96. The van der Waals surface area contributed by atoms with E-state index in [1.165, 1.54) is 25.3 Å². The van der Waals surface area contributed by atoms with E-state index in [2.05, 4.69) is 4.72 Å². The van der Waals surface area contributed by atoms with Gasteiger partial charge in [-0.05, 0) is 23.6 Å². The fraction of sp³-hybridized carbons (Fsp3) is 0.538. The summed E-state index contributed by atoms with van der Waals surface area (Å²) in [7, 11) is -2.20. The van der Waals surface area contributed by atoms with Gasteiger partial charge in [0.2, 0.25) is 10.0 Å². The van der Waals surface area contributed by atoms with E-state index in [1.807, 2.05) is 20.8 Å². The minimum Gasteiger partial charge on any atom is -0.495 e. The minimum absolute atomic E-state index is 0.0889. The molecule has 5 nitrogen and oxygen atoms in total. The van der Waals surface area contributed by atoms with Crippen molar-refractivity contribution in [2.75, 3.05) is 13.7 Å². The maximum atomic E-state index is 12.3. The van der Waals surface area contributed by atoms with Crippen molar-refractivity contribution in [3.63, 3.8) is 0 Å².